The fourth-order valence-electron chi connectivity index (χ4n) is 3.10. The number of halogens is 3. The van der Waals surface area contributed by atoms with Crippen LogP contribution in [0.1, 0.15) is 17.0 Å². The molecule has 0 fully saturated rings. The van der Waals surface area contributed by atoms with Crippen LogP contribution in [0.25, 0.3) is 10.9 Å². The molecule has 4 rings (SSSR count). The van der Waals surface area contributed by atoms with E-state index in [-0.39, 0.29) is 0 Å². The number of hydrogen-bond donors (Lipinski definition) is 0. The first-order chi connectivity index (χ1) is 11.5. The quantitative estimate of drug-likeness (QED) is 0.670. The van der Waals surface area contributed by atoms with E-state index in [0.29, 0.717) is 29.8 Å². The van der Waals surface area contributed by atoms with Crippen LogP contribution >= 0.6 is 0 Å². The summed E-state index contributed by atoms with van der Waals surface area (Å²) < 4.78 is 39.5. The van der Waals surface area contributed by atoms with E-state index < -0.39 is 12.0 Å². The van der Waals surface area contributed by atoms with E-state index in [2.05, 4.69) is 16.0 Å². The summed E-state index contributed by atoms with van der Waals surface area (Å²) >= 11 is 0. The molecule has 0 saturated carbocycles. The van der Waals surface area contributed by atoms with Crippen LogP contribution in [0.3, 0.4) is 0 Å². The molecule has 1 aliphatic heterocycles. The highest BCUT2D eigenvalue weighted by atomic mass is 19.4. The van der Waals surface area contributed by atoms with Crippen molar-refractivity contribution in [1.29, 1.82) is 0 Å². The number of nitrogens with zero attached hydrogens (tertiary/aromatic N) is 3. The number of anilines is 1. The third-order valence-electron chi connectivity index (χ3n) is 4.27. The Hall–Kier alpha value is -2.63. The summed E-state index contributed by atoms with van der Waals surface area (Å²) in [6.07, 6.45) is -3.78. The van der Waals surface area contributed by atoms with Crippen molar-refractivity contribution in [2.75, 3.05) is 11.4 Å². The van der Waals surface area contributed by atoms with Gasteiger partial charge in [0.05, 0.1) is 5.52 Å². The van der Waals surface area contributed by atoms with Crippen molar-refractivity contribution in [2.45, 2.75) is 19.1 Å². The molecule has 0 atom stereocenters. The summed E-state index contributed by atoms with van der Waals surface area (Å²) in [5.41, 5.74) is 2.68. The second-order valence-electron chi connectivity index (χ2n) is 5.83. The molecule has 0 saturated heterocycles. The zero-order valence-corrected chi connectivity index (χ0v) is 12.7. The molecule has 3 aromatic rings. The van der Waals surface area contributed by atoms with Crippen molar-refractivity contribution >= 4 is 16.7 Å². The maximum Gasteiger partial charge on any atom is 0.451 e. The third-order valence-corrected chi connectivity index (χ3v) is 4.27. The van der Waals surface area contributed by atoms with Gasteiger partial charge in [-0.3, -0.25) is 0 Å². The van der Waals surface area contributed by atoms with Crippen molar-refractivity contribution in [3.63, 3.8) is 0 Å². The maximum absolute atomic E-state index is 13.2. The van der Waals surface area contributed by atoms with Crippen molar-refractivity contribution < 1.29 is 13.2 Å². The van der Waals surface area contributed by atoms with E-state index in [0.717, 1.165) is 12.0 Å². The molecular weight excluding hydrogens is 315 g/mol. The number of hydrogen-bond acceptors (Lipinski definition) is 3. The first-order valence-electron chi connectivity index (χ1n) is 7.68. The predicted molar refractivity (Wildman–Crippen MR) is 85.7 cm³/mol. The van der Waals surface area contributed by atoms with Crippen LogP contribution in [0.4, 0.5) is 19.0 Å². The number of aromatic nitrogens is 2. The van der Waals surface area contributed by atoms with E-state index in [1.807, 2.05) is 23.1 Å². The van der Waals surface area contributed by atoms with Crippen molar-refractivity contribution in [2.24, 2.45) is 0 Å². The average Bonchev–Trinajstić information content (AvgIpc) is 2.59. The Morgan fingerprint density at radius 2 is 1.58 bits per heavy atom. The van der Waals surface area contributed by atoms with Gasteiger partial charge in [-0.1, -0.05) is 36.4 Å². The standard InChI is InChI=1S/C18H14F3N3/c19-18(20,21)17-22-15-8-4-3-7-14(15)16(23-17)24-10-9-12-5-1-2-6-13(12)11-24/h1-8H,9-11H2. The molecule has 0 amide bonds. The summed E-state index contributed by atoms with van der Waals surface area (Å²) in [6, 6.07) is 14.8. The minimum Gasteiger partial charge on any atom is -0.351 e. The largest absolute Gasteiger partial charge is 0.451 e. The van der Waals surface area contributed by atoms with Gasteiger partial charge >= 0.3 is 6.18 Å². The highest BCUT2D eigenvalue weighted by molar-refractivity contribution is 5.89. The van der Waals surface area contributed by atoms with Gasteiger partial charge in [-0.2, -0.15) is 13.2 Å². The molecule has 0 unspecified atom stereocenters. The van der Waals surface area contributed by atoms with Gasteiger partial charge in [0.2, 0.25) is 5.82 Å². The van der Waals surface area contributed by atoms with Gasteiger partial charge in [-0.25, -0.2) is 9.97 Å². The van der Waals surface area contributed by atoms with Crippen molar-refractivity contribution in [3.8, 4) is 0 Å². The molecule has 1 aliphatic rings. The fraction of sp³-hybridized carbons (Fsp3) is 0.222. The molecule has 3 nitrogen and oxygen atoms in total. The summed E-state index contributed by atoms with van der Waals surface area (Å²) in [5, 5.41) is 0.643. The maximum atomic E-state index is 13.2. The molecule has 0 bridgehead atoms. The van der Waals surface area contributed by atoms with Crippen LogP contribution in [0.15, 0.2) is 48.5 Å². The van der Waals surface area contributed by atoms with Crippen molar-refractivity contribution in [3.05, 3.63) is 65.5 Å². The Balaban J connectivity index is 1.84. The molecule has 0 radical (unpaired) electrons. The van der Waals surface area contributed by atoms with Crippen LogP contribution in [0, 0.1) is 0 Å². The van der Waals surface area contributed by atoms with Gasteiger partial charge in [-0.05, 0) is 29.7 Å². The minimum absolute atomic E-state index is 0.314. The lowest BCUT2D eigenvalue weighted by Crippen LogP contribution is -2.32. The highest BCUT2D eigenvalue weighted by Crippen LogP contribution is 2.33. The Morgan fingerprint density at radius 3 is 2.38 bits per heavy atom. The molecule has 0 spiro atoms. The van der Waals surface area contributed by atoms with E-state index in [1.54, 1.807) is 24.3 Å². The predicted octanol–water partition coefficient (Wildman–Crippen LogP) is 4.21. The second kappa shape index (κ2) is 5.47. The van der Waals surface area contributed by atoms with E-state index in [4.69, 9.17) is 0 Å². The van der Waals surface area contributed by atoms with E-state index in [1.165, 1.54) is 5.56 Å². The molecular formula is C18H14F3N3. The Kier molecular flexibility index (Phi) is 3.40. The fourth-order valence-corrected chi connectivity index (χ4v) is 3.10. The number of alkyl halides is 3. The Labute approximate surface area is 136 Å². The van der Waals surface area contributed by atoms with E-state index >= 15 is 0 Å². The third kappa shape index (κ3) is 2.58. The SMILES string of the molecule is FC(F)(F)c1nc(N2CCc3ccccc3C2)c2ccccc2n1. The number of para-hydroxylation sites is 1. The molecule has 24 heavy (non-hydrogen) atoms. The van der Waals surface area contributed by atoms with Gasteiger partial charge in [0, 0.05) is 18.5 Å². The van der Waals surface area contributed by atoms with Crippen LogP contribution < -0.4 is 4.90 Å². The molecule has 2 aromatic carbocycles. The zero-order valence-electron chi connectivity index (χ0n) is 12.7. The minimum atomic E-state index is -4.56. The lowest BCUT2D eigenvalue weighted by molar-refractivity contribution is -0.144. The smallest absolute Gasteiger partial charge is 0.351 e. The van der Waals surface area contributed by atoms with Crippen LogP contribution in [0.5, 0.6) is 0 Å². The molecule has 6 heteroatoms. The Morgan fingerprint density at radius 1 is 0.875 bits per heavy atom. The molecule has 2 heterocycles. The number of rotatable bonds is 1. The molecule has 0 N–H and O–H groups in total. The van der Waals surface area contributed by atoms with Gasteiger partial charge in [0.25, 0.3) is 0 Å². The zero-order chi connectivity index (χ0) is 16.7. The van der Waals surface area contributed by atoms with Gasteiger partial charge < -0.3 is 4.90 Å². The van der Waals surface area contributed by atoms with Gasteiger partial charge in [-0.15, -0.1) is 0 Å². The normalized spacial score (nSPS) is 14.7. The van der Waals surface area contributed by atoms with Gasteiger partial charge in [0.15, 0.2) is 0 Å². The highest BCUT2D eigenvalue weighted by Gasteiger charge is 2.36. The van der Waals surface area contributed by atoms with Gasteiger partial charge in [0.1, 0.15) is 5.82 Å². The number of fused-ring (bicyclic) bond motifs is 2. The van der Waals surface area contributed by atoms with E-state index in [9.17, 15) is 13.2 Å². The topological polar surface area (TPSA) is 29.0 Å². The first-order valence-corrected chi connectivity index (χ1v) is 7.68. The molecule has 122 valence electrons. The monoisotopic (exact) mass is 329 g/mol. The summed E-state index contributed by atoms with van der Waals surface area (Å²) in [6.45, 7) is 1.18. The number of benzene rings is 2. The average molecular weight is 329 g/mol. The lowest BCUT2D eigenvalue weighted by Gasteiger charge is -2.30. The second-order valence-corrected chi connectivity index (χ2v) is 5.83. The van der Waals surface area contributed by atoms with Crippen LogP contribution in [-0.2, 0) is 19.1 Å². The Bertz CT molecular complexity index is 905. The lowest BCUT2D eigenvalue weighted by atomic mass is 10.00. The summed E-state index contributed by atoms with van der Waals surface area (Å²) in [4.78, 5) is 9.45. The first kappa shape index (κ1) is 14.9. The summed E-state index contributed by atoms with van der Waals surface area (Å²) in [5.74, 6) is -0.738. The van der Waals surface area contributed by atoms with Crippen molar-refractivity contribution in [1.82, 2.24) is 9.97 Å². The van der Waals surface area contributed by atoms with Crippen LogP contribution in [0.2, 0.25) is 0 Å². The molecule has 1 aromatic heterocycles. The summed E-state index contributed by atoms with van der Waals surface area (Å²) in [7, 11) is 0. The van der Waals surface area contributed by atoms with Crippen LogP contribution in [-0.4, -0.2) is 16.5 Å². The molecule has 0 aliphatic carbocycles.